The first-order chi connectivity index (χ1) is 7.81. The SMILES string of the molecule is CCCCCCC(C)OCCNCCOC. The predicted octanol–water partition coefficient (Wildman–Crippen LogP) is 2.60. The van der Waals surface area contributed by atoms with Crippen molar-refractivity contribution in [3.63, 3.8) is 0 Å². The van der Waals surface area contributed by atoms with Crippen molar-refractivity contribution in [1.82, 2.24) is 5.32 Å². The molecule has 3 nitrogen and oxygen atoms in total. The molecule has 1 atom stereocenters. The Labute approximate surface area is 101 Å². The fraction of sp³-hybridized carbons (Fsp3) is 1.00. The van der Waals surface area contributed by atoms with E-state index in [1.54, 1.807) is 7.11 Å². The molecule has 0 saturated heterocycles. The highest BCUT2D eigenvalue weighted by molar-refractivity contribution is 4.53. The number of ether oxygens (including phenoxy) is 2. The summed E-state index contributed by atoms with van der Waals surface area (Å²) in [6.07, 6.45) is 6.89. The topological polar surface area (TPSA) is 30.5 Å². The lowest BCUT2D eigenvalue weighted by Crippen LogP contribution is -2.25. The van der Waals surface area contributed by atoms with Gasteiger partial charge in [-0.05, 0) is 13.3 Å². The summed E-state index contributed by atoms with van der Waals surface area (Å²) < 4.78 is 10.6. The molecule has 0 fully saturated rings. The molecular weight excluding hydrogens is 202 g/mol. The van der Waals surface area contributed by atoms with Gasteiger partial charge in [-0.2, -0.15) is 0 Å². The summed E-state index contributed by atoms with van der Waals surface area (Å²) >= 11 is 0. The van der Waals surface area contributed by atoms with Gasteiger partial charge in [-0.1, -0.05) is 32.6 Å². The normalized spacial score (nSPS) is 12.9. The monoisotopic (exact) mass is 231 g/mol. The van der Waals surface area contributed by atoms with Gasteiger partial charge >= 0.3 is 0 Å². The highest BCUT2D eigenvalue weighted by Crippen LogP contribution is 2.07. The molecule has 0 aromatic carbocycles. The molecule has 0 heterocycles. The molecule has 16 heavy (non-hydrogen) atoms. The Bertz CT molecular complexity index is 131. The Morgan fingerprint density at radius 1 is 1.06 bits per heavy atom. The summed E-state index contributed by atoms with van der Waals surface area (Å²) in [5, 5.41) is 3.27. The zero-order valence-electron chi connectivity index (χ0n) is 11.3. The van der Waals surface area contributed by atoms with E-state index < -0.39 is 0 Å². The fourth-order valence-corrected chi connectivity index (χ4v) is 1.57. The van der Waals surface area contributed by atoms with Gasteiger partial charge in [0.1, 0.15) is 0 Å². The molecule has 0 radical (unpaired) electrons. The van der Waals surface area contributed by atoms with Crippen LogP contribution in [0.2, 0.25) is 0 Å². The van der Waals surface area contributed by atoms with Gasteiger partial charge in [0.05, 0.1) is 19.3 Å². The molecule has 0 aliphatic rings. The Kier molecular flexibility index (Phi) is 12.9. The van der Waals surface area contributed by atoms with Crippen LogP contribution in [0.4, 0.5) is 0 Å². The van der Waals surface area contributed by atoms with Crippen LogP contribution in [0.3, 0.4) is 0 Å². The average molecular weight is 231 g/mol. The van der Waals surface area contributed by atoms with Crippen molar-refractivity contribution in [1.29, 1.82) is 0 Å². The number of methoxy groups -OCH3 is 1. The predicted molar refractivity (Wildman–Crippen MR) is 68.9 cm³/mol. The van der Waals surface area contributed by atoms with E-state index in [0.717, 1.165) is 26.3 Å². The quantitative estimate of drug-likeness (QED) is 0.524. The molecule has 0 aliphatic heterocycles. The zero-order chi connectivity index (χ0) is 12.1. The molecule has 0 aromatic heterocycles. The largest absolute Gasteiger partial charge is 0.383 e. The van der Waals surface area contributed by atoms with Crippen LogP contribution in [-0.4, -0.2) is 39.5 Å². The summed E-state index contributed by atoms with van der Waals surface area (Å²) in [7, 11) is 1.72. The van der Waals surface area contributed by atoms with E-state index in [1.807, 2.05) is 0 Å². The Morgan fingerprint density at radius 2 is 1.81 bits per heavy atom. The van der Waals surface area contributed by atoms with Crippen LogP contribution in [0.5, 0.6) is 0 Å². The molecule has 0 spiro atoms. The van der Waals surface area contributed by atoms with Gasteiger partial charge < -0.3 is 14.8 Å². The minimum Gasteiger partial charge on any atom is -0.383 e. The second-order valence-electron chi connectivity index (χ2n) is 4.27. The third-order valence-corrected chi connectivity index (χ3v) is 2.63. The number of hydrogen-bond acceptors (Lipinski definition) is 3. The molecule has 0 amide bonds. The van der Waals surface area contributed by atoms with Crippen molar-refractivity contribution in [2.24, 2.45) is 0 Å². The van der Waals surface area contributed by atoms with Crippen LogP contribution in [0.15, 0.2) is 0 Å². The van der Waals surface area contributed by atoms with Crippen molar-refractivity contribution in [3.05, 3.63) is 0 Å². The Morgan fingerprint density at radius 3 is 2.50 bits per heavy atom. The highest BCUT2D eigenvalue weighted by atomic mass is 16.5. The lowest BCUT2D eigenvalue weighted by molar-refractivity contribution is 0.0596. The van der Waals surface area contributed by atoms with Crippen molar-refractivity contribution in [2.75, 3.05) is 33.4 Å². The van der Waals surface area contributed by atoms with Crippen molar-refractivity contribution >= 4 is 0 Å². The van der Waals surface area contributed by atoms with Gasteiger partial charge in [-0.15, -0.1) is 0 Å². The molecule has 3 heteroatoms. The molecule has 0 rings (SSSR count). The van der Waals surface area contributed by atoms with Gasteiger partial charge in [0.2, 0.25) is 0 Å². The first kappa shape index (κ1) is 15.9. The standard InChI is InChI=1S/C13H29NO2/c1-4-5-6-7-8-13(2)16-12-10-14-9-11-15-3/h13-14H,4-12H2,1-3H3. The number of nitrogens with one attached hydrogen (secondary N) is 1. The number of hydrogen-bond donors (Lipinski definition) is 1. The highest BCUT2D eigenvalue weighted by Gasteiger charge is 2.01. The van der Waals surface area contributed by atoms with E-state index in [2.05, 4.69) is 19.2 Å². The summed E-state index contributed by atoms with van der Waals surface area (Å²) in [5.41, 5.74) is 0. The van der Waals surface area contributed by atoms with E-state index in [-0.39, 0.29) is 0 Å². The van der Waals surface area contributed by atoms with Crippen molar-refractivity contribution in [3.8, 4) is 0 Å². The molecule has 1 N–H and O–H groups in total. The maximum absolute atomic E-state index is 5.70. The molecule has 98 valence electrons. The van der Waals surface area contributed by atoms with Gasteiger partial charge in [0.25, 0.3) is 0 Å². The summed E-state index contributed by atoms with van der Waals surface area (Å²) in [6, 6.07) is 0. The van der Waals surface area contributed by atoms with Crippen LogP contribution >= 0.6 is 0 Å². The average Bonchev–Trinajstić information content (AvgIpc) is 2.29. The Hall–Kier alpha value is -0.120. The van der Waals surface area contributed by atoms with Crippen molar-refractivity contribution < 1.29 is 9.47 Å². The van der Waals surface area contributed by atoms with Crippen LogP contribution in [0.1, 0.15) is 46.0 Å². The third-order valence-electron chi connectivity index (χ3n) is 2.63. The van der Waals surface area contributed by atoms with E-state index >= 15 is 0 Å². The number of unbranched alkanes of at least 4 members (excludes halogenated alkanes) is 3. The maximum Gasteiger partial charge on any atom is 0.0594 e. The fourth-order valence-electron chi connectivity index (χ4n) is 1.57. The third kappa shape index (κ3) is 12.0. The first-order valence-electron chi connectivity index (χ1n) is 6.62. The van der Waals surface area contributed by atoms with Gasteiger partial charge in [-0.25, -0.2) is 0 Å². The van der Waals surface area contributed by atoms with Crippen LogP contribution in [0.25, 0.3) is 0 Å². The maximum atomic E-state index is 5.70. The molecule has 0 bridgehead atoms. The molecular formula is C13H29NO2. The number of rotatable bonds is 12. The molecule has 1 unspecified atom stereocenters. The van der Waals surface area contributed by atoms with E-state index in [9.17, 15) is 0 Å². The van der Waals surface area contributed by atoms with Gasteiger partial charge in [-0.3, -0.25) is 0 Å². The minimum atomic E-state index is 0.404. The summed E-state index contributed by atoms with van der Waals surface area (Å²) in [4.78, 5) is 0. The second-order valence-corrected chi connectivity index (χ2v) is 4.27. The van der Waals surface area contributed by atoms with Crippen LogP contribution < -0.4 is 5.32 Å². The Balaban J connectivity index is 3.08. The smallest absolute Gasteiger partial charge is 0.0594 e. The van der Waals surface area contributed by atoms with E-state index in [0.29, 0.717) is 6.10 Å². The van der Waals surface area contributed by atoms with Crippen LogP contribution in [0, 0.1) is 0 Å². The second kappa shape index (κ2) is 12.9. The first-order valence-corrected chi connectivity index (χ1v) is 6.62. The van der Waals surface area contributed by atoms with Gasteiger partial charge in [0.15, 0.2) is 0 Å². The molecule has 0 saturated carbocycles. The van der Waals surface area contributed by atoms with Crippen LogP contribution in [-0.2, 0) is 9.47 Å². The summed E-state index contributed by atoms with van der Waals surface area (Å²) in [5.74, 6) is 0. The lowest BCUT2D eigenvalue weighted by Gasteiger charge is -2.13. The van der Waals surface area contributed by atoms with Gasteiger partial charge in [0, 0.05) is 20.2 Å². The van der Waals surface area contributed by atoms with E-state index in [4.69, 9.17) is 9.47 Å². The molecule has 0 aliphatic carbocycles. The van der Waals surface area contributed by atoms with Crippen molar-refractivity contribution in [2.45, 2.75) is 52.1 Å². The minimum absolute atomic E-state index is 0.404. The lowest BCUT2D eigenvalue weighted by atomic mass is 10.1. The zero-order valence-corrected chi connectivity index (χ0v) is 11.3. The summed E-state index contributed by atoms with van der Waals surface area (Å²) in [6.45, 7) is 7.81. The van der Waals surface area contributed by atoms with E-state index in [1.165, 1.54) is 32.1 Å². The molecule has 0 aromatic rings.